The zero-order valence-corrected chi connectivity index (χ0v) is 14.2. The van der Waals surface area contributed by atoms with Crippen LogP contribution in [-0.4, -0.2) is 23.6 Å². The molecule has 27 heavy (non-hydrogen) atoms. The number of aliphatic carboxylic acids is 1. The first-order valence-electron chi connectivity index (χ1n) is 8.12. The first-order chi connectivity index (χ1) is 12.8. The molecule has 0 saturated heterocycles. The Hall–Kier alpha value is -3.03. The van der Waals surface area contributed by atoms with Crippen LogP contribution in [0.2, 0.25) is 0 Å². The maximum Gasteiger partial charge on any atom is 0.416 e. The second-order valence-corrected chi connectivity index (χ2v) is 5.78. The number of carbonyl (C=O) groups excluding carboxylic acids is 1. The van der Waals surface area contributed by atoms with Crippen molar-refractivity contribution in [2.75, 3.05) is 6.61 Å². The van der Waals surface area contributed by atoms with Crippen LogP contribution in [0.4, 0.5) is 13.2 Å². The molecule has 2 rings (SSSR count). The second-order valence-electron chi connectivity index (χ2n) is 5.78. The number of benzene rings is 2. The highest BCUT2D eigenvalue weighted by Crippen LogP contribution is 2.31. The third-order valence-electron chi connectivity index (χ3n) is 3.72. The van der Waals surface area contributed by atoms with Crippen molar-refractivity contribution in [3.8, 4) is 5.75 Å². The third kappa shape index (κ3) is 6.65. The molecule has 0 aromatic heterocycles. The van der Waals surface area contributed by atoms with E-state index in [9.17, 15) is 22.8 Å². The van der Waals surface area contributed by atoms with E-state index < -0.39 is 36.3 Å². The van der Waals surface area contributed by atoms with Gasteiger partial charge >= 0.3 is 12.1 Å². The van der Waals surface area contributed by atoms with Crippen molar-refractivity contribution in [3.63, 3.8) is 0 Å². The fourth-order valence-corrected chi connectivity index (χ4v) is 2.42. The van der Waals surface area contributed by atoms with E-state index in [1.165, 1.54) is 12.1 Å². The van der Waals surface area contributed by atoms with Crippen molar-refractivity contribution in [3.05, 3.63) is 65.7 Å². The summed E-state index contributed by atoms with van der Waals surface area (Å²) >= 11 is 0. The lowest BCUT2D eigenvalue weighted by atomic mass is 10.0. The number of halogens is 3. The summed E-state index contributed by atoms with van der Waals surface area (Å²) in [7, 11) is 0. The lowest BCUT2D eigenvalue weighted by Gasteiger charge is -2.19. The fraction of sp³-hybridized carbons (Fsp3) is 0.263. The summed E-state index contributed by atoms with van der Waals surface area (Å²) in [5, 5.41) is 11.5. The SMILES string of the molecule is O=C(O)CCC(NC(=O)COc1cccc(C(F)(F)F)c1)c1ccccc1. The van der Waals surface area contributed by atoms with Gasteiger partial charge in [-0.25, -0.2) is 0 Å². The van der Waals surface area contributed by atoms with Gasteiger partial charge in [-0.15, -0.1) is 0 Å². The molecule has 2 aromatic carbocycles. The van der Waals surface area contributed by atoms with Gasteiger partial charge in [0, 0.05) is 6.42 Å². The van der Waals surface area contributed by atoms with Crippen molar-refractivity contribution in [1.29, 1.82) is 0 Å². The summed E-state index contributed by atoms with van der Waals surface area (Å²) in [5.74, 6) is -1.64. The van der Waals surface area contributed by atoms with E-state index in [-0.39, 0.29) is 18.6 Å². The summed E-state index contributed by atoms with van der Waals surface area (Å²) in [4.78, 5) is 22.9. The molecule has 2 N–H and O–H groups in total. The van der Waals surface area contributed by atoms with Crippen LogP contribution in [0.3, 0.4) is 0 Å². The Bertz CT molecular complexity index is 778. The molecule has 1 atom stereocenters. The van der Waals surface area contributed by atoms with Gasteiger partial charge in [0.2, 0.25) is 0 Å². The number of rotatable bonds is 8. The van der Waals surface area contributed by atoms with Gasteiger partial charge in [0.15, 0.2) is 6.61 Å². The average molecular weight is 381 g/mol. The quantitative estimate of drug-likeness (QED) is 0.729. The molecule has 2 aromatic rings. The topological polar surface area (TPSA) is 75.6 Å². The second kappa shape index (κ2) is 9.07. The summed E-state index contributed by atoms with van der Waals surface area (Å²) < 4.78 is 43.2. The predicted octanol–water partition coefficient (Wildman–Crippen LogP) is 3.81. The molecule has 0 heterocycles. The third-order valence-corrected chi connectivity index (χ3v) is 3.72. The van der Waals surface area contributed by atoms with Crippen molar-refractivity contribution in [2.45, 2.75) is 25.1 Å². The van der Waals surface area contributed by atoms with Crippen molar-refractivity contribution >= 4 is 11.9 Å². The molecule has 8 heteroatoms. The molecule has 0 radical (unpaired) electrons. The Morgan fingerprint density at radius 1 is 1.07 bits per heavy atom. The van der Waals surface area contributed by atoms with Crippen LogP contribution in [-0.2, 0) is 15.8 Å². The van der Waals surface area contributed by atoms with Crippen LogP contribution < -0.4 is 10.1 Å². The smallest absolute Gasteiger partial charge is 0.416 e. The van der Waals surface area contributed by atoms with Gasteiger partial charge in [-0.1, -0.05) is 36.4 Å². The highest BCUT2D eigenvalue weighted by molar-refractivity contribution is 5.78. The minimum Gasteiger partial charge on any atom is -0.484 e. The number of hydrogen-bond acceptors (Lipinski definition) is 3. The number of nitrogens with one attached hydrogen (secondary N) is 1. The van der Waals surface area contributed by atoms with Gasteiger partial charge in [-0.3, -0.25) is 9.59 Å². The molecule has 5 nitrogen and oxygen atoms in total. The maximum absolute atomic E-state index is 12.7. The Balaban J connectivity index is 1.98. The van der Waals surface area contributed by atoms with E-state index in [1.54, 1.807) is 30.3 Å². The first-order valence-corrected chi connectivity index (χ1v) is 8.12. The van der Waals surface area contributed by atoms with Crippen LogP contribution in [0, 0.1) is 0 Å². The van der Waals surface area contributed by atoms with Gasteiger partial charge in [-0.2, -0.15) is 13.2 Å². The first kappa shape index (κ1) is 20.3. The number of amides is 1. The molecule has 0 aliphatic heterocycles. The Morgan fingerprint density at radius 2 is 1.78 bits per heavy atom. The molecule has 0 fully saturated rings. The maximum atomic E-state index is 12.7. The van der Waals surface area contributed by atoms with Gasteiger partial charge < -0.3 is 15.2 Å². The number of carbonyl (C=O) groups is 2. The molecular formula is C19H18F3NO4. The minimum atomic E-state index is -4.50. The molecule has 0 aliphatic rings. The Morgan fingerprint density at radius 3 is 2.41 bits per heavy atom. The minimum absolute atomic E-state index is 0.0817. The van der Waals surface area contributed by atoms with E-state index in [1.807, 2.05) is 0 Å². The van der Waals surface area contributed by atoms with E-state index in [0.29, 0.717) is 0 Å². The number of alkyl halides is 3. The van der Waals surface area contributed by atoms with Crippen LogP contribution in [0.15, 0.2) is 54.6 Å². The van der Waals surface area contributed by atoms with E-state index in [4.69, 9.17) is 9.84 Å². The van der Waals surface area contributed by atoms with E-state index >= 15 is 0 Å². The summed E-state index contributed by atoms with van der Waals surface area (Å²) in [6, 6.07) is 12.5. The van der Waals surface area contributed by atoms with Crippen molar-refractivity contribution < 1.29 is 32.6 Å². The summed E-state index contributed by atoms with van der Waals surface area (Å²) in [6.45, 7) is -0.488. The summed E-state index contributed by atoms with van der Waals surface area (Å²) in [5.41, 5.74) is -0.143. The fourth-order valence-electron chi connectivity index (χ4n) is 2.42. The van der Waals surface area contributed by atoms with Crippen molar-refractivity contribution in [2.24, 2.45) is 0 Å². The average Bonchev–Trinajstić information content (AvgIpc) is 2.63. The molecule has 1 unspecified atom stereocenters. The molecule has 0 aliphatic carbocycles. The zero-order valence-electron chi connectivity index (χ0n) is 14.2. The number of hydrogen-bond donors (Lipinski definition) is 2. The molecule has 0 bridgehead atoms. The van der Waals surface area contributed by atoms with E-state index in [0.717, 1.165) is 17.7 Å². The molecule has 0 saturated carbocycles. The monoisotopic (exact) mass is 381 g/mol. The van der Waals surface area contributed by atoms with Crippen LogP contribution >= 0.6 is 0 Å². The highest BCUT2D eigenvalue weighted by Gasteiger charge is 2.30. The molecule has 144 valence electrons. The van der Waals surface area contributed by atoms with Gasteiger partial charge in [0.05, 0.1) is 11.6 Å². The lowest BCUT2D eigenvalue weighted by molar-refractivity contribution is -0.138. The normalized spacial score (nSPS) is 12.3. The Kier molecular flexibility index (Phi) is 6.81. The van der Waals surface area contributed by atoms with Crippen LogP contribution in [0.1, 0.15) is 30.0 Å². The lowest BCUT2D eigenvalue weighted by Crippen LogP contribution is -2.33. The van der Waals surface area contributed by atoms with Crippen LogP contribution in [0.5, 0.6) is 5.75 Å². The molecule has 0 spiro atoms. The van der Waals surface area contributed by atoms with Gasteiger partial charge in [-0.05, 0) is 30.2 Å². The number of ether oxygens (including phenoxy) is 1. The standard InChI is InChI=1S/C19H18F3NO4/c20-19(21,22)14-7-4-8-15(11-14)27-12-17(24)23-16(9-10-18(25)26)13-5-2-1-3-6-13/h1-8,11,16H,9-10,12H2,(H,23,24)(H,25,26). The van der Waals surface area contributed by atoms with Crippen LogP contribution in [0.25, 0.3) is 0 Å². The highest BCUT2D eigenvalue weighted by atomic mass is 19.4. The Labute approximate surface area is 153 Å². The zero-order chi connectivity index (χ0) is 19.9. The number of carboxylic acid groups (broad SMARTS) is 1. The van der Waals surface area contributed by atoms with Gasteiger partial charge in [0.1, 0.15) is 5.75 Å². The summed E-state index contributed by atoms with van der Waals surface area (Å²) in [6.07, 6.45) is -4.47. The number of carboxylic acids is 1. The van der Waals surface area contributed by atoms with Crippen molar-refractivity contribution in [1.82, 2.24) is 5.32 Å². The van der Waals surface area contributed by atoms with E-state index in [2.05, 4.69) is 5.32 Å². The molecule has 1 amide bonds. The molecular weight excluding hydrogens is 363 g/mol. The predicted molar refractivity (Wildman–Crippen MR) is 91.1 cm³/mol. The van der Waals surface area contributed by atoms with Gasteiger partial charge in [0.25, 0.3) is 5.91 Å². The largest absolute Gasteiger partial charge is 0.484 e.